The van der Waals surface area contributed by atoms with E-state index in [1.807, 2.05) is 0 Å². The third-order valence-corrected chi connectivity index (χ3v) is 2.60. The number of rotatable bonds is 3. The highest BCUT2D eigenvalue weighted by Gasteiger charge is 1.99. The number of halogens is 3. The maximum atomic E-state index is 12.0. The van der Waals surface area contributed by atoms with Gasteiger partial charge < -0.3 is 5.32 Å². The van der Waals surface area contributed by atoms with Crippen LogP contribution in [0.3, 0.4) is 0 Å². The summed E-state index contributed by atoms with van der Waals surface area (Å²) >= 11 is 11.3. The van der Waals surface area contributed by atoms with Crippen LogP contribution < -0.4 is 5.32 Å². The van der Waals surface area contributed by atoms with E-state index in [1.165, 1.54) is 12.1 Å². The van der Waals surface area contributed by atoms with Crippen LogP contribution in [-0.2, 0) is 10.2 Å². The zero-order valence-corrected chi connectivity index (χ0v) is 9.57. The Labute approximate surface area is 96.7 Å². The summed E-state index contributed by atoms with van der Waals surface area (Å²) in [6.45, 7) is 0. The van der Waals surface area contributed by atoms with Crippen LogP contribution in [-0.4, -0.2) is 8.42 Å². The van der Waals surface area contributed by atoms with Crippen molar-refractivity contribution in [2.45, 2.75) is 0 Å². The molecule has 0 aliphatic heterocycles. The second-order valence-corrected chi connectivity index (χ2v) is 4.59. The Morgan fingerprint density at radius 3 is 2.47 bits per heavy atom. The lowest BCUT2D eigenvalue weighted by molar-refractivity contribution is 0.563. The van der Waals surface area contributed by atoms with E-state index < -0.39 is 10.2 Å². The topological polar surface area (TPSA) is 46.2 Å². The van der Waals surface area contributed by atoms with Crippen molar-refractivity contribution in [3.63, 3.8) is 0 Å². The molecule has 0 aliphatic carbocycles. The van der Waals surface area contributed by atoms with Crippen molar-refractivity contribution in [2.24, 2.45) is 0 Å². The average molecular weight is 270 g/mol. The summed E-state index contributed by atoms with van der Waals surface area (Å²) in [7, 11) is -4.61. The fraction of sp³-hybridized carbons (Fsp3) is 0. The van der Waals surface area contributed by atoms with Crippen LogP contribution in [0.2, 0.25) is 10.0 Å². The second-order valence-electron chi connectivity index (χ2n) is 2.55. The molecule has 0 heterocycles. The van der Waals surface area contributed by atoms with Crippen LogP contribution in [0.25, 0.3) is 0 Å². The molecule has 3 nitrogen and oxygen atoms in total. The fourth-order valence-corrected chi connectivity index (χ4v) is 1.33. The largest absolute Gasteiger partial charge is 0.361 e. The van der Waals surface area contributed by atoms with Crippen LogP contribution in [0.15, 0.2) is 29.8 Å². The molecule has 1 aromatic rings. The van der Waals surface area contributed by atoms with E-state index in [9.17, 15) is 12.3 Å². The SMILES string of the molecule is O=S(=O)(F)/C=C/Nc1ccc(Cl)c(Cl)c1. The van der Waals surface area contributed by atoms with Gasteiger partial charge in [-0.15, -0.1) is 3.89 Å². The second kappa shape index (κ2) is 4.83. The minimum absolute atomic E-state index is 0.318. The smallest absolute Gasteiger partial charge is 0.326 e. The first-order valence-electron chi connectivity index (χ1n) is 3.71. The Hall–Kier alpha value is -0.780. The van der Waals surface area contributed by atoms with Gasteiger partial charge in [-0.3, -0.25) is 0 Å². The lowest BCUT2D eigenvalue weighted by Gasteiger charge is -2.01. The molecule has 1 rings (SSSR count). The third-order valence-electron chi connectivity index (χ3n) is 1.40. The zero-order chi connectivity index (χ0) is 11.5. The van der Waals surface area contributed by atoms with Crippen LogP contribution in [0.5, 0.6) is 0 Å². The Kier molecular flexibility index (Phi) is 3.96. The molecule has 0 bridgehead atoms. The molecule has 1 aromatic carbocycles. The van der Waals surface area contributed by atoms with Crippen molar-refractivity contribution in [2.75, 3.05) is 5.32 Å². The molecule has 0 fully saturated rings. The molecule has 0 radical (unpaired) electrons. The molecule has 7 heteroatoms. The molecule has 0 saturated heterocycles. The Morgan fingerprint density at radius 2 is 1.93 bits per heavy atom. The Bertz CT molecular complexity index is 487. The van der Waals surface area contributed by atoms with Crippen molar-refractivity contribution >= 4 is 39.1 Å². The number of nitrogens with one attached hydrogen (secondary N) is 1. The Morgan fingerprint density at radius 1 is 1.27 bits per heavy atom. The van der Waals surface area contributed by atoms with Crippen LogP contribution in [0.1, 0.15) is 0 Å². The lowest BCUT2D eigenvalue weighted by atomic mass is 10.3. The summed E-state index contributed by atoms with van der Waals surface area (Å²) in [5.41, 5.74) is 0.504. The number of hydrogen-bond acceptors (Lipinski definition) is 3. The van der Waals surface area contributed by atoms with E-state index in [1.54, 1.807) is 6.07 Å². The van der Waals surface area contributed by atoms with Gasteiger partial charge in [0.15, 0.2) is 0 Å². The summed E-state index contributed by atoms with van der Waals surface area (Å²) in [5.74, 6) is 0. The van der Waals surface area contributed by atoms with E-state index in [4.69, 9.17) is 23.2 Å². The highest BCUT2D eigenvalue weighted by atomic mass is 35.5. The fourth-order valence-electron chi connectivity index (χ4n) is 0.797. The molecule has 0 aliphatic rings. The Balaban J connectivity index is 2.75. The van der Waals surface area contributed by atoms with Gasteiger partial charge in [0.2, 0.25) is 0 Å². The van der Waals surface area contributed by atoms with Gasteiger partial charge in [-0.1, -0.05) is 23.2 Å². The van der Waals surface area contributed by atoms with Gasteiger partial charge >= 0.3 is 10.2 Å². The molecule has 82 valence electrons. The molecule has 0 aromatic heterocycles. The monoisotopic (exact) mass is 269 g/mol. The van der Waals surface area contributed by atoms with Crippen LogP contribution in [0, 0.1) is 0 Å². The van der Waals surface area contributed by atoms with Gasteiger partial charge in [0, 0.05) is 11.9 Å². The average Bonchev–Trinajstić information content (AvgIpc) is 2.09. The van der Waals surface area contributed by atoms with Gasteiger partial charge in [0.05, 0.1) is 15.5 Å². The molecule has 15 heavy (non-hydrogen) atoms. The minimum atomic E-state index is -4.61. The summed E-state index contributed by atoms with van der Waals surface area (Å²) in [4.78, 5) is 0. The van der Waals surface area contributed by atoms with Gasteiger partial charge in [0.25, 0.3) is 0 Å². The standard InChI is InChI=1S/C8H6Cl2FNO2S/c9-7-2-1-6(5-8(7)10)12-3-4-15(11,13)14/h1-5,12H/b4-3+. The predicted molar refractivity (Wildman–Crippen MR) is 59.3 cm³/mol. The van der Waals surface area contributed by atoms with Crippen LogP contribution in [0.4, 0.5) is 9.57 Å². The highest BCUT2D eigenvalue weighted by Crippen LogP contribution is 2.24. The molecule has 0 spiro atoms. The van der Waals surface area contributed by atoms with E-state index in [0.29, 0.717) is 21.1 Å². The summed E-state index contributed by atoms with van der Waals surface area (Å²) in [5, 5.41) is 3.62. The summed E-state index contributed by atoms with van der Waals surface area (Å²) in [6, 6.07) is 4.59. The summed E-state index contributed by atoms with van der Waals surface area (Å²) in [6.07, 6.45) is 0.953. The van der Waals surface area contributed by atoms with Crippen molar-refractivity contribution in [3.05, 3.63) is 39.9 Å². The van der Waals surface area contributed by atoms with Crippen molar-refractivity contribution in [1.29, 1.82) is 0 Å². The normalized spacial score (nSPS) is 11.9. The van der Waals surface area contributed by atoms with E-state index in [2.05, 4.69) is 5.32 Å². The maximum Gasteiger partial charge on any atom is 0.326 e. The van der Waals surface area contributed by atoms with E-state index in [-0.39, 0.29) is 0 Å². The molecule has 1 N–H and O–H groups in total. The molecule has 0 unspecified atom stereocenters. The first-order valence-corrected chi connectivity index (χ1v) is 5.91. The zero-order valence-electron chi connectivity index (χ0n) is 7.25. The first kappa shape index (κ1) is 12.3. The molecule has 0 atom stereocenters. The third kappa shape index (κ3) is 4.51. The maximum absolute atomic E-state index is 12.0. The highest BCUT2D eigenvalue weighted by molar-refractivity contribution is 7.89. The predicted octanol–water partition coefficient (Wildman–Crippen LogP) is 3.18. The lowest BCUT2D eigenvalue weighted by Crippen LogP contribution is -1.90. The first-order chi connectivity index (χ1) is 6.88. The van der Waals surface area contributed by atoms with E-state index >= 15 is 0 Å². The summed E-state index contributed by atoms with van der Waals surface area (Å²) < 4.78 is 32.2. The number of benzene rings is 1. The quantitative estimate of drug-likeness (QED) is 0.858. The molecular formula is C8H6Cl2FNO2S. The van der Waals surface area contributed by atoms with Crippen molar-refractivity contribution in [1.82, 2.24) is 0 Å². The van der Waals surface area contributed by atoms with Crippen LogP contribution >= 0.6 is 23.2 Å². The van der Waals surface area contributed by atoms with E-state index in [0.717, 1.165) is 6.20 Å². The molecular weight excluding hydrogens is 264 g/mol. The number of anilines is 1. The van der Waals surface area contributed by atoms with Gasteiger partial charge in [-0.05, 0) is 18.2 Å². The minimum Gasteiger partial charge on any atom is -0.361 e. The van der Waals surface area contributed by atoms with Gasteiger partial charge in [-0.2, -0.15) is 8.42 Å². The molecule has 0 amide bonds. The van der Waals surface area contributed by atoms with Crippen molar-refractivity contribution in [3.8, 4) is 0 Å². The van der Waals surface area contributed by atoms with Gasteiger partial charge in [0.1, 0.15) is 0 Å². The molecule has 0 saturated carbocycles. The van der Waals surface area contributed by atoms with Crippen molar-refractivity contribution < 1.29 is 12.3 Å². The number of hydrogen-bond donors (Lipinski definition) is 1. The van der Waals surface area contributed by atoms with Gasteiger partial charge in [-0.25, -0.2) is 0 Å².